The normalized spacial score (nSPS) is 15.4. The van der Waals surface area contributed by atoms with E-state index in [4.69, 9.17) is 0 Å². The molecule has 1 fully saturated rings. The lowest BCUT2D eigenvalue weighted by atomic mass is 9.91. The van der Waals surface area contributed by atoms with Gasteiger partial charge in [-0.3, -0.25) is 14.7 Å². The van der Waals surface area contributed by atoms with Crippen LogP contribution in [0.15, 0.2) is 30.7 Å². The number of carbonyl (C=O) groups is 2. The van der Waals surface area contributed by atoms with Crippen LogP contribution in [-0.2, 0) is 4.79 Å². The molecule has 7 nitrogen and oxygen atoms in total. The molecule has 0 bridgehead atoms. The van der Waals surface area contributed by atoms with Crippen LogP contribution in [0.25, 0.3) is 0 Å². The third-order valence-corrected chi connectivity index (χ3v) is 4.56. The van der Waals surface area contributed by atoms with E-state index in [-0.39, 0.29) is 17.7 Å². The molecule has 0 unspecified atom stereocenters. The molecule has 7 heteroatoms. The smallest absolute Gasteiger partial charge is 0.254 e. The SMILES string of the molecule is CC(C)C(=O)Nc1cc(C(=O)N2CCC(c3cn[nH]c3)CC2)ccn1. The predicted molar refractivity (Wildman–Crippen MR) is 94.2 cm³/mol. The van der Waals surface area contributed by atoms with Gasteiger partial charge in [-0.05, 0) is 36.5 Å². The lowest BCUT2D eigenvalue weighted by Gasteiger charge is -2.31. The highest BCUT2D eigenvalue weighted by atomic mass is 16.2. The second kappa shape index (κ2) is 7.46. The van der Waals surface area contributed by atoms with Gasteiger partial charge in [0.15, 0.2) is 0 Å². The Hall–Kier alpha value is -2.70. The van der Waals surface area contributed by atoms with Gasteiger partial charge in [-0.1, -0.05) is 13.8 Å². The summed E-state index contributed by atoms with van der Waals surface area (Å²) in [6.45, 7) is 5.05. The lowest BCUT2D eigenvalue weighted by Crippen LogP contribution is -2.37. The standard InChI is InChI=1S/C18H23N5O2/c1-12(2)17(24)22-16-9-14(3-6-19-16)18(25)23-7-4-13(5-8-23)15-10-20-21-11-15/h3,6,9-13H,4-5,7-8H2,1-2H3,(H,20,21)(H,19,22,24). The summed E-state index contributed by atoms with van der Waals surface area (Å²) >= 11 is 0. The van der Waals surface area contributed by atoms with Crippen molar-refractivity contribution in [1.29, 1.82) is 0 Å². The van der Waals surface area contributed by atoms with Crippen molar-refractivity contribution in [2.24, 2.45) is 5.92 Å². The fourth-order valence-corrected chi connectivity index (χ4v) is 2.99. The Balaban J connectivity index is 1.63. The summed E-state index contributed by atoms with van der Waals surface area (Å²) < 4.78 is 0. The number of amides is 2. The minimum atomic E-state index is -0.136. The molecule has 0 spiro atoms. The lowest BCUT2D eigenvalue weighted by molar-refractivity contribution is -0.118. The number of aromatic nitrogens is 3. The Labute approximate surface area is 146 Å². The van der Waals surface area contributed by atoms with Crippen molar-refractivity contribution in [2.75, 3.05) is 18.4 Å². The molecule has 3 heterocycles. The van der Waals surface area contributed by atoms with Crippen LogP contribution >= 0.6 is 0 Å². The molecular weight excluding hydrogens is 318 g/mol. The van der Waals surface area contributed by atoms with Crippen LogP contribution in [0.1, 0.15) is 48.5 Å². The topological polar surface area (TPSA) is 91.0 Å². The third kappa shape index (κ3) is 4.04. The van der Waals surface area contributed by atoms with Gasteiger partial charge in [0.2, 0.25) is 5.91 Å². The second-order valence-electron chi connectivity index (χ2n) is 6.67. The summed E-state index contributed by atoms with van der Waals surface area (Å²) in [5.41, 5.74) is 1.76. The van der Waals surface area contributed by atoms with E-state index in [1.807, 2.05) is 31.1 Å². The van der Waals surface area contributed by atoms with Gasteiger partial charge in [0, 0.05) is 37.0 Å². The molecule has 1 aliphatic rings. The number of nitrogens with zero attached hydrogens (tertiary/aromatic N) is 3. The molecule has 2 aromatic rings. The van der Waals surface area contributed by atoms with Crippen LogP contribution in [0.5, 0.6) is 0 Å². The van der Waals surface area contributed by atoms with Crippen molar-refractivity contribution in [1.82, 2.24) is 20.1 Å². The summed E-state index contributed by atoms with van der Waals surface area (Å²) in [6, 6.07) is 3.33. The van der Waals surface area contributed by atoms with E-state index in [9.17, 15) is 9.59 Å². The predicted octanol–water partition coefficient (Wildman–Crippen LogP) is 2.42. The molecule has 0 atom stereocenters. The van der Waals surface area contributed by atoms with E-state index in [0.717, 1.165) is 12.8 Å². The van der Waals surface area contributed by atoms with Gasteiger partial charge in [-0.2, -0.15) is 5.10 Å². The molecule has 1 saturated heterocycles. The number of aromatic amines is 1. The van der Waals surface area contributed by atoms with Gasteiger partial charge in [-0.15, -0.1) is 0 Å². The molecule has 25 heavy (non-hydrogen) atoms. The molecule has 3 rings (SSSR count). The van der Waals surface area contributed by atoms with Crippen LogP contribution < -0.4 is 5.32 Å². The Kier molecular flexibility index (Phi) is 5.11. The number of likely N-dealkylation sites (tertiary alicyclic amines) is 1. The van der Waals surface area contributed by atoms with Crippen LogP contribution in [0.3, 0.4) is 0 Å². The van der Waals surface area contributed by atoms with Crippen LogP contribution in [0.2, 0.25) is 0 Å². The van der Waals surface area contributed by atoms with E-state index >= 15 is 0 Å². The van der Waals surface area contributed by atoms with Crippen LogP contribution in [0.4, 0.5) is 5.82 Å². The molecule has 2 amide bonds. The van der Waals surface area contributed by atoms with Crippen molar-refractivity contribution in [3.8, 4) is 0 Å². The van der Waals surface area contributed by atoms with Gasteiger partial charge in [0.1, 0.15) is 5.82 Å². The van der Waals surface area contributed by atoms with E-state index in [0.29, 0.717) is 30.4 Å². The monoisotopic (exact) mass is 341 g/mol. The highest BCUT2D eigenvalue weighted by molar-refractivity contribution is 5.96. The minimum absolute atomic E-state index is 0.0203. The molecule has 0 radical (unpaired) electrons. The number of pyridine rings is 1. The summed E-state index contributed by atoms with van der Waals surface area (Å²) in [5.74, 6) is 0.591. The first-order chi connectivity index (χ1) is 12.0. The van der Waals surface area contributed by atoms with Gasteiger partial charge >= 0.3 is 0 Å². The summed E-state index contributed by atoms with van der Waals surface area (Å²) in [4.78, 5) is 30.5. The number of piperidine rings is 1. The van der Waals surface area contributed by atoms with Crippen LogP contribution in [0, 0.1) is 5.92 Å². The average molecular weight is 341 g/mol. The van der Waals surface area contributed by atoms with E-state index in [1.54, 1.807) is 18.3 Å². The Morgan fingerprint density at radius 2 is 2.08 bits per heavy atom. The molecule has 0 saturated carbocycles. The maximum Gasteiger partial charge on any atom is 0.254 e. The third-order valence-electron chi connectivity index (χ3n) is 4.56. The highest BCUT2D eigenvalue weighted by Crippen LogP contribution is 2.28. The van der Waals surface area contributed by atoms with Gasteiger partial charge in [0.25, 0.3) is 5.91 Å². The Morgan fingerprint density at radius 3 is 2.72 bits per heavy atom. The fourth-order valence-electron chi connectivity index (χ4n) is 2.99. The van der Waals surface area contributed by atoms with Crippen LogP contribution in [-0.4, -0.2) is 45.0 Å². The zero-order valence-electron chi connectivity index (χ0n) is 14.5. The quantitative estimate of drug-likeness (QED) is 0.893. The van der Waals surface area contributed by atoms with Crippen molar-refractivity contribution >= 4 is 17.6 Å². The number of hydrogen-bond acceptors (Lipinski definition) is 4. The molecule has 132 valence electrons. The first kappa shape index (κ1) is 17.1. The number of rotatable bonds is 4. The fraction of sp³-hybridized carbons (Fsp3) is 0.444. The first-order valence-electron chi connectivity index (χ1n) is 8.59. The number of carbonyl (C=O) groups excluding carboxylic acids is 2. The van der Waals surface area contributed by atoms with E-state index in [1.165, 1.54) is 5.56 Å². The zero-order valence-corrected chi connectivity index (χ0v) is 14.5. The van der Waals surface area contributed by atoms with Crippen molar-refractivity contribution < 1.29 is 9.59 Å². The molecule has 0 aromatic carbocycles. The first-order valence-corrected chi connectivity index (χ1v) is 8.59. The molecule has 0 aliphatic carbocycles. The number of hydrogen-bond donors (Lipinski definition) is 2. The number of anilines is 1. The summed E-state index contributed by atoms with van der Waals surface area (Å²) in [6.07, 6.45) is 7.19. The van der Waals surface area contributed by atoms with Gasteiger partial charge in [-0.25, -0.2) is 4.98 Å². The van der Waals surface area contributed by atoms with E-state index < -0.39 is 0 Å². The summed E-state index contributed by atoms with van der Waals surface area (Å²) in [5, 5.41) is 9.58. The maximum absolute atomic E-state index is 12.7. The van der Waals surface area contributed by atoms with Crippen molar-refractivity contribution in [3.63, 3.8) is 0 Å². The average Bonchev–Trinajstić information content (AvgIpc) is 3.16. The Morgan fingerprint density at radius 1 is 1.32 bits per heavy atom. The second-order valence-corrected chi connectivity index (χ2v) is 6.67. The number of H-pyrrole nitrogens is 1. The highest BCUT2D eigenvalue weighted by Gasteiger charge is 2.25. The van der Waals surface area contributed by atoms with Crippen molar-refractivity contribution in [2.45, 2.75) is 32.6 Å². The van der Waals surface area contributed by atoms with Crippen molar-refractivity contribution in [3.05, 3.63) is 41.9 Å². The molecule has 1 aliphatic heterocycles. The molecule has 2 N–H and O–H groups in total. The minimum Gasteiger partial charge on any atom is -0.339 e. The Bertz CT molecular complexity index is 734. The molecular formula is C18H23N5O2. The maximum atomic E-state index is 12.7. The van der Waals surface area contributed by atoms with Gasteiger partial charge in [0.05, 0.1) is 6.20 Å². The van der Waals surface area contributed by atoms with E-state index in [2.05, 4.69) is 20.5 Å². The zero-order chi connectivity index (χ0) is 17.8. The summed E-state index contributed by atoms with van der Waals surface area (Å²) in [7, 11) is 0. The number of nitrogens with one attached hydrogen (secondary N) is 2. The largest absolute Gasteiger partial charge is 0.339 e. The van der Waals surface area contributed by atoms with Gasteiger partial charge < -0.3 is 10.2 Å². The molecule has 2 aromatic heterocycles.